The molecule has 0 spiro atoms. The SMILES string of the molecule is O=C(C1CC2CC2C1)N1CCC(c2ccc(O)cc2)CC1. The number of carbonyl (C=O) groups excluding carboxylic acids is 1. The molecule has 3 heteroatoms. The van der Waals surface area contributed by atoms with Crippen LogP contribution in [0.25, 0.3) is 0 Å². The molecule has 1 N–H and O–H groups in total. The summed E-state index contributed by atoms with van der Waals surface area (Å²) in [5, 5.41) is 9.36. The van der Waals surface area contributed by atoms with Crippen molar-refractivity contribution in [1.29, 1.82) is 0 Å². The highest BCUT2D eigenvalue weighted by atomic mass is 16.3. The van der Waals surface area contributed by atoms with Gasteiger partial charge in [-0.2, -0.15) is 0 Å². The highest BCUT2D eigenvalue weighted by molar-refractivity contribution is 5.79. The maximum Gasteiger partial charge on any atom is 0.225 e. The lowest BCUT2D eigenvalue weighted by molar-refractivity contribution is -0.136. The Kier molecular flexibility index (Phi) is 3.16. The first-order valence-corrected chi connectivity index (χ1v) is 8.28. The first kappa shape index (κ1) is 13.2. The molecule has 3 aliphatic rings. The number of piperidine rings is 1. The molecule has 2 unspecified atom stereocenters. The van der Waals surface area contributed by atoms with Crippen LogP contribution in [0.3, 0.4) is 0 Å². The molecule has 3 fully saturated rings. The predicted octanol–water partition coefficient (Wildman–Crippen LogP) is 3.14. The van der Waals surface area contributed by atoms with Crippen molar-refractivity contribution in [3.05, 3.63) is 29.8 Å². The minimum absolute atomic E-state index is 0.325. The molecule has 1 aliphatic heterocycles. The Balaban J connectivity index is 1.33. The van der Waals surface area contributed by atoms with Gasteiger partial charge in [-0.3, -0.25) is 4.79 Å². The standard InChI is InChI=1S/C18H23NO2/c20-17-3-1-12(2-4-17)13-5-7-19(8-6-13)18(21)16-10-14-9-15(14)11-16/h1-4,13-16,20H,5-11H2. The zero-order chi connectivity index (χ0) is 14.4. The summed E-state index contributed by atoms with van der Waals surface area (Å²) in [7, 11) is 0. The lowest BCUT2D eigenvalue weighted by Crippen LogP contribution is -2.41. The lowest BCUT2D eigenvalue weighted by atomic mass is 9.88. The molecule has 2 saturated carbocycles. The summed E-state index contributed by atoms with van der Waals surface area (Å²) in [4.78, 5) is 14.7. The topological polar surface area (TPSA) is 40.5 Å². The van der Waals surface area contributed by atoms with Crippen molar-refractivity contribution in [2.75, 3.05) is 13.1 Å². The normalized spacial score (nSPS) is 32.0. The molecule has 1 saturated heterocycles. The van der Waals surface area contributed by atoms with E-state index in [4.69, 9.17) is 0 Å². The Hall–Kier alpha value is -1.51. The van der Waals surface area contributed by atoms with Gasteiger partial charge in [-0.05, 0) is 67.6 Å². The van der Waals surface area contributed by atoms with E-state index < -0.39 is 0 Å². The van der Waals surface area contributed by atoms with Crippen LogP contribution >= 0.6 is 0 Å². The quantitative estimate of drug-likeness (QED) is 0.907. The highest BCUT2D eigenvalue weighted by Gasteiger charge is 2.48. The van der Waals surface area contributed by atoms with Gasteiger partial charge in [-0.15, -0.1) is 0 Å². The molecule has 2 atom stereocenters. The fourth-order valence-corrected chi connectivity index (χ4v) is 4.35. The number of rotatable bonds is 2. The molecule has 1 heterocycles. The Morgan fingerprint density at radius 1 is 1.00 bits per heavy atom. The third-order valence-electron chi connectivity index (χ3n) is 5.76. The number of hydrogen-bond donors (Lipinski definition) is 1. The molecule has 1 aromatic carbocycles. The van der Waals surface area contributed by atoms with Gasteiger partial charge in [0.25, 0.3) is 0 Å². The Morgan fingerprint density at radius 2 is 1.62 bits per heavy atom. The zero-order valence-corrected chi connectivity index (χ0v) is 12.4. The molecule has 4 rings (SSSR count). The van der Waals surface area contributed by atoms with Gasteiger partial charge in [0.2, 0.25) is 5.91 Å². The number of aromatic hydroxyl groups is 1. The summed E-state index contributed by atoms with van der Waals surface area (Å²) in [5.74, 6) is 3.38. The lowest BCUT2D eigenvalue weighted by Gasteiger charge is -2.34. The molecule has 0 radical (unpaired) electrons. The van der Waals surface area contributed by atoms with Crippen LogP contribution in [0.5, 0.6) is 5.75 Å². The first-order valence-electron chi connectivity index (χ1n) is 8.28. The molecule has 0 bridgehead atoms. The van der Waals surface area contributed by atoms with Gasteiger partial charge in [0.05, 0.1) is 0 Å². The number of hydrogen-bond acceptors (Lipinski definition) is 2. The van der Waals surface area contributed by atoms with Crippen molar-refractivity contribution in [2.24, 2.45) is 17.8 Å². The summed E-state index contributed by atoms with van der Waals surface area (Å²) >= 11 is 0. The fourth-order valence-electron chi connectivity index (χ4n) is 4.35. The third-order valence-corrected chi connectivity index (χ3v) is 5.76. The maximum absolute atomic E-state index is 12.5. The van der Waals surface area contributed by atoms with Crippen LogP contribution in [-0.4, -0.2) is 29.0 Å². The number of fused-ring (bicyclic) bond motifs is 1. The molecule has 2 aliphatic carbocycles. The smallest absolute Gasteiger partial charge is 0.225 e. The molecule has 21 heavy (non-hydrogen) atoms. The van der Waals surface area contributed by atoms with Gasteiger partial charge in [-0.1, -0.05) is 12.1 Å². The van der Waals surface area contributed by atoms with E-state index in [9.17, 15) is 9.90 Å². The summed E-state index contributed by atoms with van der Waals surface area (Å²) in [6.45, 7) is 1.80. The molecule has 112 valence electrons. The number of nitrogens with zero attached hydrogens (tertiary/aromatic N) is 1. The van der Waals surface area contributed by atoms with Crippen LogP contribution in [0.1, 0.15) is 43.6 Å². The van der Waals surface area contributed by atoms with Crippen LogP contribution in [0.15, 0.2) is 24.3 Å². The second-order valence-corrected chi connectivity index (χ2v) is 7.12. The highest BCUT2D eigenvalue weighted by Crippen LogP contribution is 2.54. The average Bonchev–Trinajstić information content (AvgIpc) is 3.13. The van der Waals surface area contributed by atoms with Crippen LogP contribution in [0.2, 0.25) is 0 Å². The summed E-state index contributed by atoms with van der Waals surface area (Å²) in [6, 6.07) is 7.55. The van der Waals surface area contributed by atoms with Gasteiger partial charge in [0.1, 0.15) is 5.75 Å². The zero-order valence-electron chi connectivity index (χ0n) is 12.4. The van der Waals surface area contributed by atoms with E-state index in [0.717, 1.165) is 50.6 Å². The molecular formula is C18H23NO2. The molecular weight excluding hydrogens is 262 g/mol. The maximum atomic E-state index is 12.5. The number of likely N-dealkylation sites (tertiary alicyclic amines) is 1. The number of benzene rings is 1. The Bertz CT molecular complexity index is 521. The van der Waals surface area contributed by atoms with Gasteiger partial charge in [0.15, 0.2) is 0 Å². The molecule has 1 amide bonds. The second kappa shape index (κ2) is 5.04. The second-order valence-electron chi connectivity index (χ2n) is 7.12. The molecule has 0 aromatic heterocycles. The van der Waals surface area contributed by atoms with Crippen LogP contribution in [0.4, 0.5) is 0 Å². The minimum Gasteiger partial charge on any atom is -0.508 e. The van der Waals surface area contributed by atoms with Crippen LogP contribution in [0, 0.1) is 17.8 Å². The van der Waals surface area contributed by atoms with E-state index in [1.807, 2.05) is 12.1 Å². The third kappa shape index (κ3) is 2.54. The number of phenolic OH excluding ortho intramolecular Hbond substituents is 1. The molecule has 1 aromatic rings. The van der Waals surface area contributed by atoms with E-state index in [0.29, 0.717) is 23.5 Å². The van der Waals surface area contributed by atoms with E-state index in [1.54, 1.807) is 12.1 Å². The van der Waals surface area contributed by atoms with Crippen molar-refractivity contribution in [2.45, 2.75) is 38.0 Å². The Morgan fingerprint density at radius 3 is 2.24 bits per heavy atom. The van der Waals surface area contributed by atoms with Crippen molar-refractivity contribution in [3.8, 4) is 5.75 Å². The van der Waals surface area contributed by atoms with E-state index >= 15 is 0 Å². The van der Waals surface area contributed by atoms with Gasteiger partial charge < -0.3 is 10.0 Å². The summed E-state index contributed by atoms with van der Waals surface area (Å²) in [6.07, 6.45) is 5.79. The number of carbonyl (C=O) groups is 1. The van der Waals surface area contributed by atoms with Gasteiger partial charge in [-0.25, -0.2) is 0 Å². The minimum atomic E-state index is 0.325. The van der Waals surface area contributed by atoms with Crippen molar-refractivity contribution in [3.63, 3.8) is 0 Å². The van der Waals surface area contributed by atoms with E-state index in [1.165, 1.54) is 12.0 Å². The first-order chi connectivity index (χ1) is 10.2. The number of amides is 1. The fraction of sp³-hybridized carbons (Fsp3) is 0.611. The number of phenols is 1. The Labute approximate surface area is 126 Å². The van der Waals surface area contributed by atoms with Crippen molar-refractivity contribution < 1.29 is 9.90 Å². The van der Waals surface area contributed by atoms with Crippen LogP contribution in [-0.2, 0) is 4.79 Å². The predicted molar refractivity (Wildman–Crippen MR) is 81.0 cm³/mol. The van der Waals surface area contributed by atoms with E-state index in [-0.39, 0.29) is 0 Å². The van der Waals surface area contributed by atoms with Crippen LogP contribution < -0.4 is 0 Å². The monoisotopic (exact) mass is 285 g/mol. The average molecular weight is 285 g/mol. The summed E-state index contributed by atoms with van der Waals surface area (Å²) < 4.78 is 0. The van der Waals surface area contributed by atoms with Crippen molar-refractivity contribution >= 4 is 5.91 Å². The van der Waals surface area contributed by atoms with Gasteiger partial charge >= 0.3 is 0 Å². The largest absolute Gasteiger partial charge is 0.508 e. The van der Waals surface area contributed by atoms with Crippen molar-refractivity contribution in [1.82, 2.24) is 4.90 Å². The molecule has 3 nitrogen and oxygen atoms in total. The van der Waals surface area contributed by atoms with E-state index in [2.05, 4.69) is 4.90 Å². The van der Waals surface area contributed by atoms with Gasteiger partial charge in [0, 0.05) is 19.0 Å². The summed E-state index contributed by atoms with van der Waals surface area (Å²) in [5.41, 5.74) is 1.29.